The summed E-state index contributed by atoms with van der Waals surface area (Å²) >= 11 is 0. The lowest BCUT2D eigenvalue weighted by Crippen LogP contribution is -2.52. The second-order valence-electron chi connectivity index (χ2n) is 8.16. The molecule has 0 radical (unpaired) electrons. The van der Waals surface area contributed by atoms with Crippen molar-refractivity contribution < 1.29 is 28.9 Å². The molecule has 2 N–H and O–H groups in total. The number of ether oxygens (including phenoxy) is 3. The number of nitrogens with zero attached hydrogens (tertiary/aromatic N) is 3. The van der Waals surface area contributed by atoms with Gasteiger partial charge in [0, 0.05) is 31.3 Å². The Morgan fingerprint density at radius 2 is 2.14 bits per heavy atom. The van der Waals surface area contributed by atoms with E-state index in [1.807, 2.05) is 13.0 Å². The van der Waals surface area contributed by atoms with E-state index in [0.29, 0.717) is 47.7 Å². The van der Waals surface area contributed by atoms with Crippen LogP contribution in [0.5, 0.6) is 5.75 Å². The van der Waals surface area contributed by atoms with Crippen molar-refractivity contribution in [3.63, 3.8) is 0 Å². The fraction of sp³-hybridized carbons (Fsp3) is 0.333. The average molecular weight is 507 g/mol. The molecule has 194 valence electrons. The summed E-state index contributed by atoms with van der Waals surface area (Å²) < 4.78 is 16.7. The SMILES string of the molecule is C#CCCC1=NN=C(C(/C=C\C)=C/C=C)NN1C(=O)OCc1ccc(OC2CC(O)CC(C=O)O2)cc1. The van der Waals surface area contributed by atoms with Gasteiger partial charge in [0.2, 0.25) is 6.29 Å². The predicted octanol–water partition coefficient (Wildman–Crippen LogP) is 3.40. The highest BCUT2D eigenvalue weighted by molar-refractivity contribution is 6.07. The number of hydrazine groups is 1. The van der Waals surface area contributed by atoms with Gasteiger partial charge in [-0.3, -0.25) is 5.43 Å². The number of nitrogens with one attached hydrogen (secondary N) is 1. The molecule has 0 saturated carbocycles. The van der Waals surface area contributed by atoms with Crippen LogP contribution >= 0.6 is 0 Å². The van der Waals surface area contributed by atoms with Crippen LogP contribution in [0.3, 0.4) is 0 Å². The summed E-state index contributed by atoms with van der Waals surface area (Å²) in [6.45, 7) is 5.55. The minimum absolute atomic E-state index is 0.0116. The van der Waals surface area contributed by atoms with E-state index < -0.39 is 24.6 Å². The minimum Gasteiger partial charge on any atom is -0.465 e. The van der Waals surface area contributed by atoms with Crippen LogP contribution in [-0.2, 0) is 20.9 Å². The Kier molecular flexibility index (Phi) is 10.2. The van der Waals surface area contributed by atoms with Crippen LogP contribution in [0.2, 0.25) is 0 Å². The van der Waals surface area contributed by atoms with E-state index in [1.54, 1.807) is 42.5 Å². The van der Waals surface area contributed by atoms with Gasteiger partial charge < -0.3 is 24.1 Å². The quantitative estimate of drug-likeness (QED) is 0.283. The van der Waals surface area contributed by atoms with Crippen LogP contribution in [-0.4, -0.2) is 52.7 Å². The number of benzene rings is 1. The van der Waals surface area contributed by atoms with Gasteiger partial charge in [-0.25, -0.2) is 4.79 Å². The summed E-state index contributed by atoms with van der Waals surface area (Å²) in [7, 11) is 0. The molecule has 2 heterocycles. The van der Waals surface area contributed by atoms with Crippen molar-refractivity contribution in [2.75, 3.05) is 0 Å². The summed E-state index contributed by atoms with van der Waals surface area (Å²) in [5.41, 5.74) is 4.34. The number of aliphatic hydroxyl groups excluding tert-OH is 1. The van der Waals surface area contributed by atoms with E-state index in [1.165, 1.54) is 5.01 Å². The van der Waals surface area contributed by atoms with E-state index in [0.717, 1.165) is 0 Å². The molecular formula is C27H30N4O6. The molecule has 1 fully saturated rings. The lowest BCUT2D eigenvalue weighted by atomic mass is 10.1. The molecule has 0 bridgehead atoms. The number of amides is 1. The molecule has 2 aliphatic heterocycles. The second-order valence-corrected chi connectivity index (χ2v) is 8.16. The largest absolute Gasteiger partial charge is 0.465 e. The molecule has 37 heavy (non-hydrogen) atoms. The number of hydrogen-bond donors (Lipinski definition) is 2. The number of aliphatic hydroxyl groups is 1. The van der Waals surface area contributed by atoms with Crippen LogP contribution in [0.1, 0.15) is 38.2 Å². The molecule has 0 aliphatic carbocycles. The number of terminal acetylenes is 1. The topological polar surface area (TPSA) is 122 Å². The van der Waals surface area contributed by atoms with Crippen LogP contribution in [0, 0.1) is 12.3 Å². The maximum absolute atomic E-state index is 13.0. The van der Waals surface area contributed by atoms with Gasteiger partial charge >= 0.3 is 6.09 Å². The molecule has 10 heteroatoms. The van der Waals surface area contributed by atoms with Gasteiger partial charge in [-0.15, -0.1) is 22.5 Å². The van der Waals surface area contributed by atoms with Gasteiger partial charge in [0.25, 0.3) is 0 Å². The minimum atomic E-state index is -0.730. The Labute approximate surface area is 216 Å². The molecule has 1 aromatic rings. The average Bonchev–Trinajstić information content (AvgIpc) is 2.90. The molecule has 3 rings (SSSR count). The fourth-order valence-electron chi connectivity index (χ4n) is 3.57. The number of amidine groups is 2. The number of rotatable bonds is 10. The zero-order valence-corrected chi connectivity index (χ0v) is 20.6. The number of aldehydes is 1. The smallest absolute Gasteiger partial charge is 0.435 e. The third-order valence-electron chi connectivity index (χ3n) is 5.33. The third kappa shape index (κ3) is 7.90. The van der Waals surface area contributed by atoms with Gasteiger partial charge in [0.1, 0.15) is 24.7 Å². The highest BCUT2D eigenvalue weighted by Gasteiger charge is 2.29. The van der Waals surface area contributed by atoms with Crippen molar-refractivity contribution in [3.05, 3.63) is 66.3 Å². The van der Waals surface area contributed by atoms with Gasteiger partial charge in [0.05, 0.1) is 6.10 Å². The summed E-state index contributed by atoms with van der Waals surface area (Å²) in [5, 5.41) is 19.4. The summed E-state index contributed by atoms with van der Waals surface area (Å²) in [5.74, 6) is 3.70. The third-order valence-corrected chi connectivity index (χ3v) is 5.33. The Bertz CT molecular complexity index is 1130. The van der Waals surface area contributed by atoms with E-state index in [2.05, 4.69) is 28.1 Å². The Morgan fingerprint density at radius 3 is 2.81 bits per heavy atom. The van der Waals surface area contributed by atoms with Crippen LogP contribution in [0.4, 0.5) is 4.79 Å². The van der Waals surface area contributed by atoms with E-state index >= 15 is 0 Å². The lowest BCUT2D eigenvalue weighted by Gasteiger charge is -2.30. The van der Waals surface area contributed by atoms with Crippen molar-refractivity contribution in [2.45, 2.75) is 57.7 Å². The number of hydrogen-bond acceptors (Lipinski definition) is 9. The number of allylic oxidation sites excluding steroid dienone is 3. The molecule has 1 amide bonds. The highest BCUT2D eigenvalue weighted by atomic mass is 16.7. The fourth-order valence-corrected chi connectivity index (χ4v) is 3.57. The molecule has 10 nitrogen and oxygen atoms in total. The van der Waals surface area contributed by atoms with Crippen LogP contribution < -0.4 is 10.2 Å². The molecule has 0 spiro atoms. The monoisotopic (exact) mass is 506 g/mol. The van der Waals surface area contributed by atoms with E-state index in [9.17, 15) is 14.7 Å². The van der Waals surface area contributed by atoms with Gasteiger partial charge in [-0.2, -0.15) is 5.01 Å². The van der Waals surface area contributed by atoms with E-state index in [-0.39, 0.29) is 19.4 Å². The number of carbonyl (C=O) groups is 2. The zero-order valence-electron chi connectivity index (χ0n) is 20.6. The molecular weight excluding hydrogens is 476 g/mol. The van der Waals surface area contributed by atoms with Crippen molar-refractivity contribution in [2.24, 2.45) is 10.2 Å². The normalized spacial score (nSPS) is 21.8. The van der Waals surface area contributed by atoms with Gasteiger partial charge in [-0.1, -0.05) is 43.0 Å². The molecule has 1 aromatic carbocycles. The number of carbonyl (C=O) groups excluding carboxylic acids is 2. The second kappa shape index (κ2) is 13.8. The predicted molar refractivity (Wildman–Crippen MR) is 138 cm³/mol. The first-order valence-electron chi connectivity index (χ1n) is 11.8. The molecule has 2 aliphatic rings. The molecule has 3 unspecified atom stereocenters. The Hall–Kier alpha value is -4.20. The first-order valence-corrected chi connectivity index (χ1v) is 11.8. The highest BCUT2D eigenvalue weighted by Crippen LogP contribution is 2.23. The first-order chi connectivity index (χ1) is 18.0. The first kappa shape index (κ1) is 27.4. The van der Waals surface area contributed by atoms with Crippen LogP contribution in [0.15, 0.2) is 70.9 Å². The summed E-state index contributed by atoms with van der Waals surface area (Å²) in [6.07, 6.45) is 11.5. The van der Waals surface area contributed by atoms with Crippen molar-refractivity contribution in [1.82, 2.24) is 10.4 Å². The standard InChI is InChI=1S/C27H30N4O6/c1-4-7-10-24-28-29-26(20(8-5-2)9-6-3)30-31(24)27(34)35-18-19-11-13-22(14-12-19)36-25-16-21(33)15-23(17-32)37-25/h1,5-6,8-9,11-14,17,21,23,25,33H,2,7,10,15-16,18H2,3H3,(H,29,30)/b9-6-,20-8+. The Morgan fingerprint density at radius 1 is 1.35 bits per heavy atom. The lowest BCUT2D eigenvalue weighted by molar-refractivity contribution is -0.176. The maximum atomic E-state index is 13.0. The zero-order chi connectivity index (χ0) is 26.6. The van der Waals surface area contributed by atoms with Gasteiger partial charge in [0.15, 0.2) is 11.7 Å². The molecule has 0 aromatic heterocycles. The molecule has 3 atom stereocenters. The van der Waals surface area contributed by atoms with Gasteiger partial charge in [-0.05, 0) is 24.6 Å². The Balaban J connectivity index is 1.62. The van der Waals surface area contributed by atoms with Crippen molar-refractivity contribution >= 4 is 24.1 Å². The van der Waals surface area contributed by atoms with Crippen LogP contribution in [0.25, 0.3) is 0 Å². The van der Waals surface area contributed by atoms with Crippen molar-refractivity contribution in [3.8, 4) is 18.1 Å². The summed E-state index contributed by atoms with van der Waals surface area (Å²) in [6, 6.07) is 6.85. The summed E-state index contributed by atoms with van der Waals surface area (Å²) in [4.78, 5) is 23.9. The van der Waals surface area contributed by atoms with Crippen molar-refractivity contribution in [1.29, 1.82) is 0 Å². The van der Waals surface area contributed by atoms with E-state index in [4.69, 9.17) is 20.6 Å². The molecule has 1 saturated heterocycles. The maximum Gasteiger partial charge on any atom is 0.435 e.